The van der Waals surface area contributed by atoms with Gasteiger partial charge in [-0.05, 0) is 31.0 Å². The molecule has 1 aliphatic heterocycles. The number of nitrogens with zero attached hydrogens (tertiary/aromatic N) is 3. The first-order valence-electron chi connectivity index (χ1n) is 8.16. The van der Waals surface area contributed by atoms with Crippen LogP contribution in [0.2, 0.25) is 0 Å². The van der Waals surface area contributed by atoms with Gasteiger partial charge in [0.15, 0.2) is 0 Å². The predicted molar refractivity (Wildman–Crippen MR) is 92.3 cm³/mol. The minimum Gasteiger partial charge on any atom is -0.497 e. The Labute approximate surface area is 142 Å². The van der Waals surface area contributed by atoms with Crippen LogP contribution in [0.3, 0.4) is 0 Å². The van der Waals surface area contributed by atoms with E-state index >= 15 is 0 Å². The summed E-state index contributed by atoms with van der Waals surface area (Å²) < 4.78 is 16.2. The fourth-order valence-electron chi connectivity index (χ4n) is 3.04. The van der Waals surface area contributed by atoms with E-state index in [4.69, 9.17) is 14.2 Å². The van der Waals surface area contributed by atoms with E-state index in [-0.39, 0.29) is 0 Å². The molecule has 24 heavy (non-hydrogen) atoms. The summed E-state index contributed by atoms with van der Waals surface area (Å²) >= 11 is 0. The highest BCUT2D eigenvalue weighted by Crippen LogP contribution is 2.34. The molecule has 1 aliphatic rings. The van der Waals surface area contributed by atoms with Gasteiger partial charge in [0.25, 0.3) is 0 Å². The lowest BCUT2D eigenvalue weighted by Crippen LogP contribution is -2.20. The summed E-state index contributed by atoms with van der Waals surface area (Å²) in [5, 5.41) is 0. The zero-order chi connectivity index (χ0) is 16.9. The molecule has 0 radical (unpaired) electrons. The number of benzene rings is 1. The van der Waals surface area contributed by atoms with E-state index in [0.717, 1.165) is 36.8 Å². The molecule has 3 rings (SSSR count). The van der Waals surface area contributed by atoms with E-state index in [0.29, 0.717) is 18.4 Å². The number of anilines is 1. The Balaban J connectivity index is 1.77. The number of aromatic nitrogens is 2. The molecule has 6 nitrogen and oxygen atoms in total. The molecule has 0 N–H and O–H groups in total. The minimum absolute atomic E-state index is 0.416. The largest absolute Gasteiger partial charge is 0.497 e. The maximum Gasteiger partial charge on any atom is 0.218 e. The molecule has 6 heteroatoms. The monoisotopic (exact) mass is 329 g/mol. The van der Waals surface area contributed by atoms with E-state index in [2.05, 4.69) is 27.0 Å². The number of hydrogen-bond donors (Lipinski definition) is 0. The Kier molecular flexibility index (Phi) is 5.03. The van der Waals surface area contributed by atoms with Crippen LogP contribution >= 0.6 is 0 Å². The highest BCUT2D eigenvalue weighted by atomic mass is 16.5. The Morgan fingerprint density at radius 3 is 2.50 bits per heavy atom. The molecule has 2 aromatic rings. The zero-order valence-corrected chi connectivity index (χ0v) is 14.4. The molecule has 128 valence electrons. The topological polar surface area (TPSA) is 56.7 Å². The van der Waals surface area contributed by atoms with Crippen LogP contribution in [-0.2, 0) is 0 Å². The SMILES string of the molecule is CCOc1cc(N2CCC(c3cc(OC)cc(OC)c3)C2)ncn1. The Bertz CT molecular complexity index is 671. The van der Waals surface area contributed by atoms with Crippen molar-refractivity contribution in [3.8, 4) is 17.4 Å². The second kappa shape index (κ2) is 7.38. The van der Waals surface area contributed by atoms with Gasteiger partial charge in [-0.1, -0.05) is 0 Å². The first-order chi connectivity index (χ1) is 11.7. The van der Waals surface area contributed by atoms with E-state index in [9.17, 15) is 0 Å². The summed E-state index contributed by atoms with van der Waals surface area (Å²) in [4.78, 5) is 10.8. The normalized spacial score (nSPS) is 17.0. The van der Waals surface area contributed by atoms with E-state index in [1.165, 1.54) is 5.56 Å². The molecule has 1 aromatic heterocycles. The zero-order valence-electron chi connectivity index (χ0n) is 14.4. The molecule has 1 saturated heterocycles. The molecule has 1 atom stereocenters. The molecule has 0 aliphatic carbocycles. The van der Waals surface area contributed by atoms with Gasteiger partial charge in [-0.15, -0.1) is 0 Å². The van der Waals surface area contributed by atoms with E-state index in [1.807, 2.05) is 19.1 Å². The minimum atomic E-state index is 0.416. The van der Waals surface area contributed by atoms with Crippen molar-refractivity contribution in [1.29, 1.82) is 0 Å². The second-order valence-corrected chi connectivity index (χ2v) is 5.73. The van der Waals surface area contributed by atoms with Crippen molar-refractivity contribution in [3.05, 3.63) is 36.2 Å². The van der Waals surface area contributed by atoms with Gasteiger partial charge in [-0.25, -0.2) is 9.97 Å². The van der Waals surface area contributed by atoms with Crippen LogP contribution < -0.4 is 19.1 Å². The second-order valence-electron chi connectivity index (χ2n) is 5.73. The number of rotatable bonds is 6. The molecule has 0 bridgehead atoms. The van der Waals surface area contributed by atoms with Crippen LogP contribution in [0.15, 0.2) is 30.6 Å². The van der Waals surface area contributed by atoms with Crippen molar-refractivity contribution >= 4 is 5.82 Å². The average molecular weight is 329 g/mol. The lowest BCUT2D eigenvalue weighted by molar-refractivity contribution is 0.326. The highest BCUT2D eigenvalue weighted by molar-refractivity contribution is 5.46. The van der Waals surface area contributed by atoms with Gasteiger partial charge in [0.2, 0.25) is 5.88 Å². The van der Waals surface area contributed by atoms with Crippen LogP contribution in [0.25, 0.3) is 0 Å². The maximum atomic E-state index is 5.47. The fraction of sp³-hybridized carbons (Fsp3) is 0.444. The third kappa shape index (κ3) is 3.53. The van der Waals surface area contributed by atoms with Gasteiger partial charge >= 0.3 is 0 Å². The predicted octanol–water partition coefficient (Wildman–Crippen LogP) is 2.89. The maximum absolute atomic E-state index is 5.47. The van der Waals surface area contributed by atoms with Gasteiger partial charge in [-0.2, -0.15) is 0 Å². The molecular weight excluding hydrogens is 306 g/mol. The van der Waals surface area contributed by atoms with Crippen molar-refractivity contribution in [1.82, 2.24) is 9.97 Å². The van der Waals surface area contributed by atoms with Crippen molar-refractivity contribution in [2.45, 2.75) is 19.3 Å². The number of hydrogen-bond acceptors (Lipinski definition) is 6. The van der Waals surface area contributed by atoms with Gasteiger partial charge in [-0.3, -0.25) is 0 Å². The van der Waals surface area contributed by atoms with Crippen LogP contribution in [0, 0.1) is 0 Å². The standard InChI is InChI=1S/C18H23N3O3/c1-4-24-18-10-17(19-12-20-18)21-6-5-13(11-21)14-7-15(22-2)9-16(8-14)23-3/h7-10,12-13H,4-6,11H2,1-3H3. The summed E-state index contributed by atoms with van der Waals surface area (Å²) in [6, 6.07) is 7.97. The van der Waals surface area contributed by atoms with Gasteiger partial charge in [0, 0.05) is 31.1 Å². The molecule has 1 aromatic carbocycles. The van der Waals surface area contributed by atoms with E-state index in [1.54, 1.807) is 20.5 Å². The van der Waals surface area contributed by atoms with Crippen LogP contribution in [0.1, 0.15) is 24.8 Å². The molecule has 0 saturated carbocycles. The lowest BCUT2D eigenvalue weighted by Gasteiger charge is -2.18. The Morgan fingerprint density at radius 1 is 1.08 bits per heavy atom. The lowest BCUT2D eigenvalue weighted by atomic mass is 9.98. The summed E-state index contributed by atoms with van der Waals surface area (Å²) in [6.45, 7) is 4.40. The molecule has 1 fully saturated rings. The average Bonchev–Trinajstić information content (AvgIpc) is 3.12. The third-order valence-electron chi connectivity index (χ3n) is 4.28. The number of methoxy groups -OCH3 is 2. The van der Waals surface area contributed by atoms with E-state index < -0.39 is 0 Å². The van der Waals surface area contributed by atoms with Crippen LogP contribution in [-0.4, -0.2) is 43.9 Å². The Morgan fingerprint density at radius 2 is 1.83 bits per heavy atom. The summed E-state index contributed by atoms with van der Waals surface area (Å²) in [7, 11) is 3.35. The molecule has 0 amide bonds. The van der Waals surface area contributed by atoms with Crippen LogP contribution in [0.5, 0.6) is 17.4 Å². The summed E-state index contributed by atoms with van der Waals surface area (Å²) in [5.74, 6) is 3.59. The van der Waals surface area contributed by atoms with Gasteiger partial charge in [0.1, 0.15) is 23.6 Å². The Hall–Kier alpha value is -2.50. The third-order valence-corrected chi connectivity index (χ3v) is 4.28. The van der Waals surface area contributed by atoms with Crippen LogP contribution in [0.4, 0.5) is 5.82 Å². The first-order valence-corrected chi connectivity index (χ1v) is 8.16. The fourth-order valence-corrected chi connectivity index (χ4v) is 3.04. The molecule has 2 heterocycles. The van der Waals surface area contributed by atoms with Crippen molar-refractivity contribution in [2.75, 3.05) is 38.8 Å². The number of ether oxygens (including phenoxy) is 3. The summed E-state index contributed by atoms with van der Waals surface area (Å²) in [6.07, 6.45) is 2.62. The van der Waals surface area contributed by atoms with Gasteiger partial charge in [0.05, 0.1) is 20.8 Å². The van der Waals surface area contributed by atoms with Crippen molar-refractivity contribution in [2.24, 2.45) is 0 Å². The molecular formula is C18H23N3O3. The van der Waals surface area contributed by atoms with Gasteiger partial charge < -0.3 is 19.1 Å². The summed E-state index contributed by atoms with van der Waals surface area (Å²) in [5.41, 5.74) is 1.23. The van der Waals surface area contributed by atoms with Crippen molar-refractivity contribution in [3.63, 3.8) is 0 Å². The smallest absolute Gasteiger partial charge is 0.218 e. The molecule has 1 unspecified atom stereocenters. The first kappa shape index (κ1) is 16.4. The quantitative estimate of drug-likeness (QED) is 0.812. The molecule has 0 spiro atoms. The highest BCUT2D eigenvalue weighted by Gasteiger charge is 2.26. The van der Waals surface area contributed by atoms with Crippen molar-refractivity contribution < 1.29 is 14.2 Å².